The summed E-state index contributed by atoms with van der Waals surface area (Å²) in [5, 5.41) is 12.1. The summed E-state index contributed by atoms with van der Waals surface area (Å²) in [6, 6.07) is 16.2. The van der Waals surface area contributed by atoms with Gasteiger partial charge in [-0.15, -0.1) is 0 Å². The molecule has 1 aliphatic rings. The molecule has 0 aromatic heterocycles. The first-order valence-corrected chi connectivity index (χ1v) is 8.09. The normalized spacial score (nSPS) is 19.0. The number of Topliss-reactive ketones (excluding diaryl/α,β-unsaturated/α-hetero) is 1. The van der Waals surface area contributed by atoms with Crippen molar-refractivity contribution in [1.29, 1.82) is 0 Å². The molecular formula is C17H15NO3S. The summed E-state index contributed by atoms with van der Waals surface area (Å²) in [4.78, 5) is 13.4. The zero-order valence-corrected chi connectivity index (χ0v) is 12.6. The number of hydrogen-bond acceptors (Lipinski definition) is 4. The average Bonchev–Trinajstić information content (AvgIpc) is 2.82. The van der Waals surface area contributed by atoms with Gasteiger partial charge in [-0.1, -0.05) is 42.5 Å². The van der Waals surface area contributed by atoms with Gasteiger partial charge in [0.15, 0.2) is 4.90 Å². The van der Waals surface area contributed by atoms with E-state index in [1.807, 2.05) is 30.3 Å². The van der Waals surface area contributed by atoms with Crippen LogP contribution in [0, 0.1) is 0 Å². The molecule has 0 radical (unpaired) electrons. The number of fused-ring (bicyclic) bond motifs is 1. The Morgan fingerprint density at radius 1 is 1.09 bits per heavy atom. The second-order valence-electron chi connectivity index (χ2n) is 4.81. The maximum Gasteiger partial charge on any atom is 0.248 e. The first kappa shape index (κ1) is 14.8. The van der Waals surface area contributed by atoms with Gasteiger partial charge in [0.05, 0.1) is 12.2 Å². The molecule has 0 bridgehead atoms. The topological polar surface area (TPSA) is 72.4 Å². The lowest BCUT2D eigenvalue weighted by atomic mass is 10.1. The minimum absolute atomic E-state index is 0.0720. The smallest absolute Gasteiger partial charge is 0.248 e. The van der Waals surface area contributed by atoms with Crippen molar-refractivity contribution >= 4 is 22.7 Å². The summed E-state index contributed by atoms with van der Waals surface area (Å²) in [6.07, 6.45) is 0. The fourth-order valence-corrected chi connectivity index (χ4v) is 3.87. The summed E-state index contributed by atoms with van der Waals surface area (Å²) in [7, 11) is 0. The van der Waals surface area contributed by atoms with Gasteiger partial charge in [0, 0.05) is 23.3 Å². The Hall–Kier alpha value is -2.08. The highest BCUT2D eigenvalue weighted by Gasteiger charge is 2.41. The molecule has 2 aromatic rings. The molecule has 22 heavy (non-hydrogen) atoms. The zero-order valence-electron chi connectivity index (χ0n) is 11.8. The summed E-state index contributed by atoms with van der Waals surface area (Å²) < 4.78 is 12.7. The van der Waals surface area contributed by atoms with Gasteiger partial charge >= 0.3 is 0 Å². The molecule has 5 heteroatoms. The van der Waals surface area contributed by atoms with Crippen molar-refractivity contribution < 1.29 is 14.5 Å². The number of carbonyl (C=O) groups excluding carboxylic acids is 1. The first-order chi connectivity index (χ1) is 10.7. The van der Waals surface area contributed by atoms with Crippen LogP contribution in [0.2, 0.25) is 0 Å². The number of carbonyl (C=O) groups is 1. The van der Waals surface area contributed by atoms with Crippen LogP contribution in [0.4, 0.5) is 0 Å². The molecule has 1 aliphatic heterocycles. The summed E-state index contributed by atoms with van der Waals surface area (Å²) >= 11 is -1.51. The Bertz CT molecular complexity index is 728. The van der Waals surface area contributed by atoms with E-state index in [0.717, 1.165) is 5.56 Å². The van der Waals surface area contributed by atoms with Crippen LogP contribution in [-0.2, 0) is 11.2 Å². The van der Waals surface area contributed by atoms with Gasteiger partial charge in [-0.3, -0.25) is 4.79 Å². The Labute approximate surface area is 131 Å². The van der Waals surface area contributed by atoms with Crippen molar-refractivity contribution in [2.45, 2.75) is 4.90 Å². The third-order valence-corrected chi connectivity index (χ3v) is 4.94. The zero-order chi connectivity index (χ0) is 15.5. The summed E-state index contributed by atoms with van der Waals surface area (Å²) in [6.45, 7) is 0.214. The SMILES string of the molecule is O=C1C(=C(NCCO)c2ccccc2)[S+]([O-])c2ccccc21. The first-order valence-electron chi connectivity index (χ1n) is 6.94. The quantitative estimate of drug-likeness (QED) is 0.668. The molecule has 0 saturated carbocycles. The van der Waals surface area contributed by atoms with E-state index in [0.29, 0.717) is 16.2 Å². The Balaban J connectivity index is 2.14. The fourth-order valence-electron chi connectivity index (χ4n) is 2.44. The standard InChI is InChI=1S/C17H15NO3S/c19-11-10-18-15(12-6-2-1-3-7-12)17-16(20)13-8-4-5-9-14(13)22(17)21/h1-9,18-19H,10-11H2. The molecule has 0 aliphatic carbocycles. The van der Waals surface area contributed by atoms with Crippen LogP contribution in [0.25, 0.3) is 5.70 Å². The number of aliphatic hydroxyl groups excluding tert-OH is 1. The number of aliphatic hydroxyl groups is 1. The van der Waals surface area contributed by atoms with Gasteiger partial charge in [0.25, 0.3) is 0 Å². The van der Waals surface area contributed by atoms with Crippen molar-refractivity contribution in [2.24, 2.45) is 0 Å². The minimum Gasteiger partial charge on any atom is -0.606 e. The van der Waals surface area contributed by atoms with Crippen LogP contribution in [0.1, 0.15) is 15.9 Å². The maximum absolute atomic E-state index is 12.7. The lowest BCUT2D eigenvalue weighted by Crippen LogP contribution is -2.21. The molecule has 0 spiro atoms. The van der Waals surface area contributed by atoms with Gasteiger partial charge in [-0.05, 0) is 12.1 Å². The molecule has 1 unspecified atom stereocenters. The van der Waals surface area contributed by atoms with Gasteiger partial charge in [-0.2, -0.15) is 0 Å². The van der Waals surface area contributed by atoms with Crippen LogP contribution in [0.5, 0.6) is 0 Å². The maximum atomic E-state index is 12.7. The molecule has 112 valence electrons. The molecular weight excluding hydrogens is 298 g/mol. The van der Waals surface area contributed by atoms with E-state index in [2.05, 4.69) is 5.32 Å². The number of ketones is 1. The van der Waals surface area contributed by atoms with Crippen molar-refractivity contribution in [3.63, 3.8) is 0 Å². The van der Waals surface area contributed by atoms with E-state index in [4.69, 9.17) is 5.11 Å². The van der Waals surface area contributed by atoms with E-state index in [9.17, 15) is 9.35 Å². The van der Waals surface area contributed by atoms with Gasteiger partial charge in [0.2, 0.25) is 10.7 Å². The summed E-state index contributed by atoms with van der Waals surface area (Å²) in [5.74, 6) is -0.224. The molecule has 4 nitrogen and oxygen atoms in total. The van der Waals surface area contributed by atoms with Gasteiger partial charge in [0.1, 0.15) is 5.70 Å². The lowest BCUT2D eigenvalue weighted by Gasteiger charge is -2.13. The number of allylic oxidation sites excluding steroid dienone is 1. The van der Waals surface area contributed by atoms with Crippen LogP contribution < -0.4 is 5.32 Å². The highest BCUT2D eigenvalue weighted by molar-refractivity contribution is 7.97. The number of hydrogen-bond donors (Lipinski definition) is 2. The average molecular weight is 313 g/mol. The number of nitrogens with one attached hydrogen (secondary N) is 1. The van der Waals surface area contributed by atoms with Gasteiger partial charge < -0.3 is 15.0 Å². The molecule has 0 saturated heterocycles. The van der Waals surface area contributed by atoms with Crippen molar-refractivity contribution in [1.82, 2.24) is 5.32 Å². The molecule has 3 rings (SSSR count). The van der Waals surface area contributed by atoms with Crippen molar-refractivity contribution in [3.8, 4) is 0 Å². The largest absolute Gasteiger partial charge is 0.606 e. The van der Waals surface area contributed by atoms with Gasteiger partial charge in [-0.25, -0.2) is 0 Å². The number of benzene rings is 2. The highest BCUT2D eigenvalue weighted by atomic mass is 32.2. The summed E-state index contributed by atoms with van der Waals surface area (Å²) in [5.41, 5.74) is 1.78. The second-order valence-corrected chi connectivity index (χ2v) is 6.20. The fraction of sp³-hybridized carbons (Fsp3) is 0.118. The second kappa shape index (κ2) is 6.36. The van der Waals surface area contributed by atoms with E-state index >= 15 is 0 Å². The molecule has 1 heterocycles. The van der Waals surface area contributed by atoms with E-state index in [1.54, 1.807) is 24.3 Å². The van der Waals surface area contributed by atoms with E-state index in [-0.39, 0.29) is 23.8 Å². The predicted molar refractivity (Wildman–Crippen MR) is 85.6 cm³/mol. The minimum atomic E-state index is -1.51. The van der Waals surface area contributed by atoms with E-state index < -0.39 is 11.2 Å². The van der Waals surface area contributed by atoms with Crippen LogP contribution in [0.15, 0.2) is 64.4 Å². The third kappa shape index (κ3) is 2.54. The monoisotopic (exact) mass is 313 g/mol. The van der Waals surface area contributed by atoms with Crippen molar-refractivity contribution in [2.75, 3.05) is 13.2 Å². The highest BCUT2D eigenvalue weighted by Crippen LogP contribution is 2.37. The Morgan fingerprint density at radius 3 is 2.45 bits per heavy atom. The Kier molecular flexibility index (Phi) is 4.29. The predicted octanol–water partition coefficient (Wildman–Crippen LogP) is 1.94. The lowest BCUT2D eigenvalue weighted by molar-refractivity contribution is 0.104. The Morgan fingerprint density at radius 2 is 1.77 bits per heavy atom. The molecule has 0 amide bonds. The number of rotatable bonds is 4. The van der Waals surface area contributed by atoms with Crippen LogP contribution in [-0.4, -0.2) is 28.6 Å². The molecule has 1 atom stereocenters. The van der Waals surface area contributed by atoms with Crippen LogP contribution in [0.3, 0.4) is 0 Å². The molecule has 2 aromatic carbocycles. The van der Waals surface area contributed by atoms with E-state index in [1.165, 1.54) is 0 Å². The van der Waals surface area contributed by atoms with Crippen molar-refractivity contribution in [3.05, 3.63) is 70.6 Å². The molecule has 0 fully saturated rings. The third-order valence-electron chi connectivity index (χ3n) is 3.43. The van der Waals surface area contributed by atoms with Crippen LogP contribution >= 0.6 is 0 Å². The molecule has 2 N–H and O–H groups in total.